The van der Waals surface area contributed by atoms with E-state index in [-0.39, 0.29) is 12.3 Å². The van der Waals surface area contributed by atoms with Gasteiger partial charge in [-0.2, -0.15) is 11.8 Å². The third-order valence-corrected chi connectivity index (χ3v) is 3.03. The van der Waals surface area contributed by atoms with Gasteiger partial charge in [-0.1, -0.05) is 0 Å². The third-order valence-electron chi connectivity index (χ3n) is 2.48. The topological polar surface area (TPSA) is 66.4 Å². The van der Waals surface area contributed by atoms with Crippen LogP contribution in [0.3, 0.4) is 0 Å². The number of thioether (sulfide) groups is 1. The molecular formula is C9H15NO3S. The summed E-state index contributed by atoms with van der Waals surface area (Å²) in [7, 11) is 0. The minimum atomic E-state index is -0.839. The standard InChI is InChI=1S/C9H15NO3S/c1-14-6-7(11)10-9(3-2-4-9)5-8(12)13/h2-6H2,1H3,(H,10,11)(H,12,13). The fourth-order valence-corrected chi connectivity index (χ4v) is 2.04. The van der Waals surface area contributed by atoms with Crippen LogP contribution in [0.15, 0.2) is 0 Å². The molecule has 0 atom stereocenters. The molecule has 80 valence electrons. The number of carbonyl (C=O) groups excluding carboxylic acids is 1. The van der Waals surface area contributed by atoms with Crippen LogP contribution in [0.25, 0.3) is 0 Å². The van der Waals surface area contributed by atoms with Crippen LogP contribution in [0.4, 0.5) is 0 Å². The lowest BCUT2D eigenvalue weighted by Gasteiger charge is -2.41. The van der Waals surface area contributed by atoms with E-state index in [1.807, 2.05) is 6.26 Å². The van der Waals surface area contributed by atoms with Gasteiger partial charge in [0.15, 0.2) is 0 Å². The third kappa shape index (κ3) is 2.90. The van der Waals surface area contributed by atoms with Crippen LogP contribution in [-0.4, -0.2) is 34.5 Å². The summed E-state index contributed by atoms with van der Waals surface area (Å²) in [6, 6.07) is 0. The Labute approximate surface area is 87.4 Å². The average Bonchev–Trinajstić information content (AvgIpc) is 1.99. The zero-order valence-electron chi connectivity index (χ0n) is 8.21. The molecule has 14 heavy (non-hydrogen) atoms. The zero-order chi connectivity index (χ0) is 10.6. The second kappa shape index (κ2) is 4.68. The highest BCUT2D eigenvalue weighted by atomic mass is 32.2. The summed E-state index contributed by atoms with van der Waals surface area (Å²) in [5.74, 6) is -0.492. The van der Waals surface area contributed by atoms with Gasteiger partial charge in [-0.15, -0.1) is 0 Å². The minimum absolute atomic E-state index is 0.0487. The molecule has 1 fully saturated rings. The van der Waals surface area contributed by atoms with Gasteiger partial charge in [0.05, 0.1) is 17.7 Å². The van der Waals surface area contributed by atoms with E-state index < -0.39 is 11.5 Å². The Kier molecular flexibility index (Phi) is 3.80. The zero-order valence-corrected chi connectivity index (χ0v) is 9.02. The van der Waals surface area contributed by atoms with Gasteiger partial charge in [0.25, 0.3) is 0 Å². The van der Waals surface area contributed by atoms with Crippen LogP contribution in [0.2, 0.25) is 0 Å². The first kappa shape index (κ1) is 11.4. The van der Waals surface area contributed by atoms with E-state index in [0.29, 0.717) is 5.75 Å². The van der Waals surface area contributed by atoms with E-state index >= 15 is 0 Å². The Morgan fingerprint density at radius 1 is 1.50 bits per heavy atom. The van der Waals surface area contributed by atoms with Crippen molar-refractivity contribution in [1.82, 2.24) is 5.32 Å². The van der Waals surface area contributed by atoms with E-state index in [0.717, 1.165) is 19.3 Å². The maximum atomic E-state index is 11.3. The van der Waals surface area contributed by atoms with E-state index in [9.17, 15) is 9.59 Å². The molecule has 1 rings (SSSR count). The SMILES string of the molecule is CSCC(=O)NC1(CC(=O)O)CCC1. The Balaban J connectivity index is 2.45. The molecule has 2 N–H and O–H groups in total. The van der Waals surface area contributed by atoms with E-state index in [2.05, 4.69) is 5.32 Å². The van der Waals surface area contributed by atoms with Crippen molar-refractivity contribution in [2.24, 2.45) is 0 Å². The van der Waals surface area contributed by atoms with Gasteiger partial charge in [0.2, 0.25) is 5.91 Å². The first-order valence-corrected chi connectivity index (χ1v) is 5.99. The molecule has 1 amide bonds. The fourth-order valence-electron chi connectivity index (χ4n) is 1.70. The predicted molar refractivity (Wildman–Crippen MR) is 55.4 cm³/mol. The molecule has 0 aromatic carbocycles. The molecule has 5 heteroatoms. The summed E-state index contributed by atoms with van der Waals surface area (Å²) in [5, 5.41) is 11.5. The second-order valence-corrected chi connectivity index (χ2v) is 4.55. The van der Waals surface area contributed by atoms with Gasteiger partial charge in [-0.25, -0.2) is 0 Å². The number of carboxylic acids is 1. The van der Waals surface area contributed by atoms with Gasteiger partial charge in [-0.05, 0) is 25.5 Å². The summed E-state index contributed by atoms with van der Waals surface area (Å²) in [6.45, 7) is 0. The molecule has 0 heterocycles. The monoisotopic (exact) mass is 217 g/mol. The highest BCUT2D eigenvalue weighted by Crippen LogP contribution is 2.34. The van der Waals surface area contributed by atoms with Crippen molar-refractivity contribution in [1.29, 1.82) is 0 Å². The number of carboxylic acid groups (broad SMARTS) is 1. The Morgan fingerprint density at radius 2 is 2.14 bits per heavy atom. The Bertz CT molecular complexity index is 238. The van der Waals surface area contributed by atoms with Crippen molar-refractivity contribution in [2.45, 2.75) is 31.2 Å². The minimum Gasteiger partial charge on any atom is -0.481 e. The van der Waals surface area contributed by atoms with Gasteiger partial charge in [0.1, 0.15) is 0 Å². The Morgan fingerprint density at radius 3 is 2.50 bits per heavy atom. The molecule has 0 saturated heterocycles. The quantitative estimate of drug-likeness (QED) is 0.717. The molecule has 0 radical (unpaired) electrons. The van der Waals surface area contributed by atoms with Crippen molar-refractivity contribution in [2.75, 3.05) is 12.0 Å². The lowest BCUT2D eigenvalue weighted by atomic mass is 9.74. The van der Waals surface area contributed by atoms with Crippen LogP contribution in [0.5, 0.6) is 0 Å². The molecule has 1 saturated carbocycles. The smallest absolute Gasteiger partial charge is 0.305 e. The molecule has 0 bridgehead atoms. The van der Waals surface area contributed by atoms with Crippen molar-refractivity contribution >= 4 is 23.6 Å². The van der Waals surface area contributed by atoms with E-state index in [1.165, 1.54) is 11.8 Å². The second-order valence-electron chi connectivity index (χ2n) is 3.69. The molecule has 1 aliphatic rings. The first-order valence-electron chi connectivity index (χ1n) is 4.60. The van der Waals surface area contributed by atoms with Crippen molar-refractivity contribution in [3.63, 3.8) is 0 Å². The molecular weight excluding hydrogens is 202 g/mol. The normalized spacial score (nSPS) is 18.4. The molecule has 0 spiro atoms. The summed E-state index contributed by atoms with van der Waals surface area (Å²) >= 11 is 1.44. The van der Waals surface area contributed by atoms with Crippen molar-refractivity contribution in [3.8, 4) is 0 Å². The highest BCUT2D eigenvalue weighted by Gasteiger charge is 2.40. The number of hydrogen-bond acceptors (Lipinski definition) is 3. The molecule has 0 unspecified atom stereocenters. The molecule has 0 aromatic rings. The number of amides is 1. The van der Waals surface area contributed by atoms with Crippen LogP contribution < -0.4 is 5.32 Å². The van der Waals surface area contributed by atoms with Crippen LogP contribution in [-0.2, 0) is 9.59 Å². The maximum absolute atomic E-state index is 11.3. The largest absolute Gasteiger partial charge is 0.481 e. The number of aliphatic carboxylic acids is 1. The molecule has 0 aromatic heterocycles. The van der Waals surface area contributed by atoms with Gasteiger partial charge >= 0.3 is 5.97 Å². The number of nitrogens with one attached hydrogen (secondary N) is 1. The summed E-state index contributed by atoms with van der Waals surface area (Å²) in [5.41, 5.74) is -0.446. The van der Waals surface area contributed by atoms with Crippen LogP contribution in [0, 0.1) is 0 Å². The summed E-state index contributed by atoms with van der Waals surface area (Å²) in [4.78, 5) is 21.9. The average molecular weight is 217 g/mol. The highest BCUT2D eigenvalue weighted by molar-refractivity contribution is 7.99. The van der Waals surface area contributed by atoms with Crippen molar-refractivity contribution in [3.05, 3.63) is 0 Å². The number of carbonyl (C=O) groups is 2. The Hall–Kier alpha value is -0.710. The van der Waals surface area contributed by atoms with E-state index in [4.69, 9.17) is 5.11 Å². The molecule has 0 aliphatic heterocycles. The molecule has 4 nitrogen and oxygen atoms in total. The first-order chi connectivity index (χ1) is 6.58. The van der Waals surface area contributed by atoms with Crippen LogP contribution >= 0.6 is 11.8 Å². The van der Waals surface area contributed by atoms with Gasteiger partial charge in [0, 0.05) is 0 Å². The fraction of sp³-hybridized carbons (Fsp3) is 0.778. The lowest BCUT2D eigenvalue weighted by molar-refractivity contribution is -0.140. The predicted octanol–water partition coefficient (Wildman–Crippen LogP) is 0.863. The number of rotatable bonds is 5. The van der Waals surface area contributed by atoms with Crippen molar-refractivity contribution < 1.29 is 14.7 Å². The summed E-state index contributed by atoms with van der Waals surface area (Å²) < 4.78 is 0. The van der Waals surface area contributed by atoms with Crippen LogP contribution in [0.1, 0.15) is 25.7 Å². The summed E-state index contributed by atoms with van der Waals surface area (Å²) in [6.07, 6.45) is 4.49. The number of hydrogen-bond donors (Lipinski definition) is 2. The maximum Gasteiger partial charge on any atom is 0.305 e. The molecule has 1 aliphatic carbocycles. The van der Waals surface area contributed by atoms with Gasteiger partial charge in [-0.3, -0.25) is 9.59 Å². The van der Waals surface area contributed by atoms with Gasteiger partial charge < -0.3 is 10.4 Å². The van der Waals surface area contributed by atoms with E-state index in [1.54, 1.807) is 0 Å². The lowest BCUT2D eigenvalue weighted by Crippen LogP contribution is -2.55.